The summed E-state index contributed by atoms with van der Waals surface area (Å²) >= 11 is 0. The predicted octanol–water partition coefficient (Wildman–Crippen LogP) is 5.66. The first kappa shape index (κ1) is 25.7. The number of carbonyl (C=O) groups is 2. The van der Waals surface area contributed by atoms with Gasteiger partial charge in [0, 0.05) is 19.2 Å². The molecule has 0 bridgehead atoms. The minimum absolute atomic E-state index is 0.0269. The lowest BCUT2D eigenvalue weighted by atomic mass is 9.84. The van der Waals surface area contributed by atoms with Crippen LogP contribution in [0, 0.1) is 6.92 Å². The van der Waals surface area contributed by atoms with E-state index in [-0.39, 0.29) is 28.7 Å². The number of ketones is 1. The highest BCUT2D eigenvalue weighted by Crippen LogP contribution is 2.41. The van der Waals surface area contributed by atoms with Gasteiger partial charge in [0.05, 0.1) is 18.2 Å². The number of aryl methyl sites for hydroxylation is 1. The average molecular weight is 464 g/mol. The highest BCUT2D eigenvalue weighted by atomic mass is 16.5. The molecule has 0 spiro atoms. The number of carbonyl (C=O) groups excluding carboxylic acids is 2. The molecule has 1 aliphatic heterocycles. The van der Waals surface area contributed by atoms with Crippen LogP contribution in [-0.2, 0) is 25.2 Å². The van der Waals surface area contributed by atoms with Gasteiger partial charge in [-0.25, -0.2) is 0 Å². The lowest BCUT2D eigenvalue weighted by Gasteiger charge is -2.26. The molecule has 0 saturated carbocycles. The van der Waals surface area contributed by atoms with E-state index in [1.807, 2.05) is 49.4 Å². The van der Waals surface area contributed by atoms with Gasteiger partial charge in [-0.1, -0.05) is 77.9 Å². The molecule has 1 fully saturated rings. The summed E-state index contributed by atoms with van der Waals surface area (Å²) in [5.74, 6) is -1.42. The molecule has 182 valence electrons. The molecular formula is C29H37NO4. The van der Waals surface area contributed by atoms with Crippen molar-refractivity contribution in [2.75, 3.05) is 20.3 Å². The molecule has 5 nitrogen and oxygen atoms in total. The Bertz CT molecular complexity index is 1110. The van der Waals surface area contributed by atoms with Crippen LogP contribution in [0.2, 0.25) is 0 Å². The first-order valence-corrected chi connectivity index (χ1v) is 11.8. The first-order chi connectivity index (χ1) is 15.8. The number of hydrogen-bond donors (Lipinski definition) is 1. The van der Waals surface area contributed by atoms with Gasteiger partial charge in [0.1, 0.15) is 5.76 Å². The number of ether oxygens (including phenoxy) is 1. The molecule has 0 aliphatic carbocycles. The molecule has 0 aromatic heterocycles. The quantitative estimate of drug-likeness (QED) is 0.353. The normalized spacial score (nSPS) is 18.6. The summed E-state index contributed by atoms with van der Waals surface area (Å²) < 4.78 is 5.20. The summed E-state index contributed by atoms with van der Waals surface area (Å²) in [4.78, 5) is 27.8. The van der Waals surface area contributed by atoms with Crippen LogP contribution in [0.1, 0.15) is 75.4 Å². The van der Waals surface area contributed by atoms with Crippen LogP contribution in [0.4, 0.5) is 0 Å². The summed E-state index contributed by atoms with van der Waals surface area (Å²) in [5.41, 5.74) is 4.37. The van der Waals surface area contributed by atoms with E-state index in [0.717, 1.165) is 22.3 Å². The topological polar surface area (TPSA) is 66.8 Å². The maximum absolute atomic E-state index is 13.2. The molecule has 1 N–H and O–H groups in total. The highest BCUT2D eigenvalue weighted by molar-refractivity contribution is 6.46. The van der Waals surface area contributed by atoms with Crippen LogP contribution in [-0.4, -0.2) is 42.0 Å². The second-order valence-corrected chi connectivity index (χ2v) is 11.1. The smallest absolute Gasteiger partial charge is 0.295 e. The number of rotatable bonds is 5. The number of aliphatic hydroxyl groups excluding tert-OH is 1. The van der Waals surface area contributed by atoms with Gasteiger partial charge in [0.25, 0.3) is 11.7 Å². The fourth-order valence-corrected chi connectivity index (χ4v) is 4.30. The Labute approximate surface area is 203 Å². The van der Waals surface area contributed by atoms with Crippen molar-refractivity contribution in [3.8, 4) is 0 Å². The maximum atomic E-state index is 13.2. The fraction of sp³-hybridized carbons (Fsp3) is 0.448. The standard InChI is InChI=1S/C29H37NO4/c1-18-9-12-21(29(5,6)7)17-22(18)25(31)23-24(30(15-16-34-8)27(33)26(23)32)19-10-13-20(14-11-19)28(2,3)4/h9-14,17,24,31H,15-16H2,1-8H3/b25-23+. The largest absolute Gasteiger partial charge is 0.507 e. The fourth-order valence-electron chi connectivity index (χ4n) is 4.30. The minimum atomic E-state index is -0.679. The van der Waals surface area contributed by atoms with E-state index in [1.165, 1.54) is 4.90 Å². The van der Waals surface area contributed by atoms with Gasteiger partial charge in [-0.3, -0.25) is 9.59 Å². The van der Waals surface area contributed by atoms with Gasteiger partial charge in [-0.05, 0) is 46.1 Å². The van der Waals surface area contributed by atoms with Crippen molar-refractivity contribution in [3.63, 3.8) is 0 Å². The van der Waals surface area contributed by atoms with Gasteiger partial charge in [-0.2, -0.15) is 0 Å². The first-order valence-electron chi connectivity index (χ1n) is 11.8. The molecule has 2 aromatic rings. The molecule has 2 aromatic carbocycles. The van der Waals surface area contributed by atoms with Gasteiger partial charge >= 0.3 is 0 Å². The monoisotopic (exact) mass is 463 g/mol. The molecule has 5 heteroatoms. The van der Waals surface area contributed by atoms with Crippen LogP contribution >= 0.6 is 0 Å². The molecule has 1 aliphatic rings. The Balaban J connectivity index is 2.21. The Morgan fingerprint density at radius 1 is 0.941 bits per heavy atom. The van der Waals surface area contributed by atoms with Crippen LogP contribution in [0.3, 0.4) is 0 Å². The summed E-state index contributed by atoms with van der Waals surface area (Å²) in [6, 6.07) is 13.2. The third-order valence-electron chi connectivity index (χ3n) is 6.53. The summed E-state index contributed by atoms with van der Waals surface area (Å²) in [5, 5.41) is 11.5. The Morgan fingerprint density at radius 2 is 1.50 bits per heavy atom. The van der Waals surface area contributed by atoms with Crippen LogP contribution in [0.25, 0.3) is 5.76 Å². The van der Waals surface area contributed by atoms with E-state index in [2.05, 4.69) is 41.5 Å². The number of hydrogen-bond acceptors (Lipinski definition) is 4. The van der Waals surface area contributed by atoms with Crippen LogP contribution in [0.15, 0.2) is 48.0 Å². The molecule has 3 rings (SSSR count). The lowest BCUT2D eigenvalue weighted by Crippen LogP contribution is -2.32. The van der Waals surface area contributed by atoms with Crippen molar-refractivity contribution in [3.05, 3.63) is 75.9 Å². The van der Waals surface area contributed by atoms with E-state index in [9.17, 15) is 14.7 Å². The third-order valence-corrected chi connectivity index (χ3v) is 6.53. The highest BCUT2D eigenvalue weighted by Gasteiger charge is 2.46. The van der Waals surface area contributed by atoms with E-state index in [1.54, 1.807) is 7.11 Å². The summed E-state index contributed by atoms with van der Waals surface area (Å²) in [6.45, 7) is 15.2. The molecule has 0 radical (unpaired) electrons. The molecule has 1 unspecified atom stereocenters. The number of methoxy groups -OCH3 is 1. The van der Waals surface area contributed by atoms with E-state index in [0.29, 0.717) is 12.2 Å². The Hall–Kier alpha value is -2.92. The van der Waals surface area contributed by atoms with Crippen LogP contribution in [0.5, 0.6) is 0 Å². The number of Topliss-reactive ketones (excluding diaryl/α,β-unsaturated/α-hetero) is 1. The number of benzene rings is 2. The number of likely N-dealkylation sites (tertiary alicyclic amines) is 1. The zero-order valence-electron chi connectivity index (χ0n) is 21.7. The predicted molar refractivity (Wildman–Crippen MR) is 136 cm³/mol. The third kappa shape index (κ3) is 4.95. The zero-order chi connectivity index (χ0) is 25.4. The van der Waals surface area contributed by atoms with Gasteiger partial charge in [0.15, 0.2) is 0 Å². The summed E-state index contributed by atoms with van der Waals surface area (Å²) in [6.07, 6.45) is 0. The van der Waals surface area contributed by atoms with Gasteiger partial charge in [-0.15, -0.1) is 0 Å². The van der Waals surface area contributed by atoms with E-state index < -0.39 is 17.7 Å². The van der Waals surface area contributed by atoms with Crippen LogP contribution < -0.4 is 0 Å². The summed E-state index contributed by atoms with van der Waals surface area (Å²) in [7, 11) is 1.56. The average Bonchev–Trinajstić information content (AvgIpc) is 3.01. The van der Waals surface area contributed by atoms with E-state index >= 15 is 0 Å². The van der Waals surface area contributed by atoms with Crippen molar-refractivity contribution in [1.82, 2.24) is 4.90 Å². The molecule has 1 atom stereocenters. The second kappa shape index (κ2) is 9.38. The molecule has 34 heavy (non-hydrogen) atoms. The van der Waals surface area contributed by atoms with Crippen molar-refractivity contribution >= 4 is 17.4 Å². The van der Waals surface area contributed by atoms with E-state index in [4.69, 9.17) is 4.74 Å². The SMILES string of the molecule is COCCN1C(=O)C(=O)/C(=C(/O)c2cc(C(C)(C)C)ccc2C)C1c1ccc(C(C)(C)C)cc1. The van der Waals surface area contributed by atoms with Gasteiger partial charge < -0.3 is 14.7 Å². The number of amides is 1. The maximum Gasteiger partial charge on any atom is 0.295 e. The molecule has 1 amide bonds. The zero-order valence-corrected chi connectivity index (χ0v) is 21.7. The molecular weight excluding hydrogens is 426 g/mol. The Kier molecular flexibility index (Phi) is 7.09. The van der Waals surface area contributed by atoms with Crippen molar-refractivity contribution < 1.29 is 19.4 Å². The minimum Gasteiger partial charge on any atom is -0.507 e. The lowest BCUT2D eigenvalue weighted by molar-refractivity contribution is -0.140. The molecule has 1 heterocycles. The number of aliphatic hydroxyl groups is 1. The van der Waals surface area contributed by atoms with Crippen molar-refractivity contribution in [2.24, 2.45) is 0 Å². The number of nitrogens with zero attached hydrogens (tertiary/aromatic N) is 1. The molecule has 1 saturated heterocycles. The second-order valence-electron chi connectivity index (χ2n) is 11.1. The Morgan fingerprint density at radius 3 is 2.03 bits per heavy atom. The van der Waals surface area contributed by atoms with Crippen molar-refractivity contribution in [2.45, 2.75) is 65.3 Å². The van der Waals surface area contributed by atoms with Crippen molar-refractivity contribution in [1.29, 1.82) is 0 Å². The van der Waals surface area contributed by atoms with Gasteiger partial charge in [0.2, 0.25) is 0 Å².